The van der Waals surface area contributed by atoms with Crippen LogP contribution in [-0.4, -0.2) is 35.5 Å². The Kier molecular flexibility index (Phi) is 9.14. The molecule has 0 saturated carbocycles. The smallest absolute Gasteiger partial charge is 0.239 e. The van der Waals surface area contributed by atoms with Crippen LogP contribution in [0.2, 0.25) is 0 Å². The van der Waals surface area contributed by atoms with Crippen LogP contribution in [0.25, 0.3) is 0 Å². The lowest BCUT2D eigenvalue weighted by Crippen LogP contribution is -2.53. The van der Waals surface area contributed by atoms with Gasteiger partial charge in [-0.1, -0.05) is 31.2 Å². The minimum atomic E-state index is -0.813. The number of halogens is 2. The second kappa shape index (κ2) is 9.48. The van der Waals surface area contributed by atoms with E-state index in [9.17, 15) is 4.79 Å². The molecule has 0 aliphatic carbocycles. The third kappa shape index (κ3) is 5.96. The fraction of sp³-hybridized carbons (Fsp3) is 0.588. The zero-order chi connectivity index (χ0) is 15.5. The summed E-state index contributed by atoms with van der Waals surface area (Å²) in [6.07, 6.45) is 2.11. The molecule has 0 fully saturated rings. The first-order valence-corrected chi connectivity index (χ1v) is 7.80. The van der Waals surface area contributed by atoms with Crippen LogP contribution in [0, 0.1) is 0 Å². The van der Waals surface area contributed by atoms with E-state index in [1.165, 1.54) is 11.1 Å². The number of rotatable bonds is 5. The summed E-state index contributed by atoms with van der Waals surface area (Å²) >= 11 is 0. The summed E-state index contributed by atoms with van der Waals surface area (Å²) in [5, 5.41) is 2.99. The molecule has 132 valence electrons. The van der Waals surface area contributed by atoms with Gasteiger partial charge in [0.1, 0.15) is 0 Å². The van der Waals surface area contributed by atoms with Crippen molar-refractivity contribution >= 4 is 30.7 Å². The molecule has 1 aromatic carbocycles. The average molecular weight is 362 g/mol. The second-order valence-corrected chi connectivity index (χ2v) is 6.48. The van der Waals surface area contributed by atoms with Gasteiger partial charge in [-0.15, -0.1) is 24.8 Å². The lowest BCUT2D eigenvalue weighted by molar-refractivity contribution is -0.125. The molecule has 1 aliphatic heterocycles. The summed E-state index contributed by atoms with van der Waals surface area (Å²) in [5.74, 6) is -0.0849. The number of nitrogens with two attached hydrogens (primary N) is 1. The summed E-state index contributed by atoms with van der Waals surface area (Å²) in [6, 6.07) is 8.99. The quantitative estimate of drug-likeness (QED) is 0.846. The molecule has 0 bridgehead atoms. The molecule has 1 aliphatic rings. The first-order chi connectivity index (χ1) is 9.91. The van der Waals surface area contributed by atoms with Gasteiger partial charge in [-0.05, 0) is 37.8 Å². The van der Waals surface area contributed by atoms with Crippen LogP contribution >= 0.6 is 24.8 Å². The van der Waals surface area contributed by atoms with Crippen LogP contribution < -0.4 is 11.1 Å². The molecule has 1 atom stereocenters. The molecule has 1 amide bonds. The van der Waals surface area contributed by atoms with E-state index in [4.69, 9.17) is 5.73 Å². The Morgan fingerprint density at radius 1 is 1.30 bits per heavy atom. The molecule has 1 heterocycles. The number of amides is 1. The maximum Gasteiger partial charge on any atom is 0.239 e. The van der Waals surface area contributed by atoms with Gasteiger partial charge in [-0.25, -0.2) is 0 Å². The van der Waals surface area contributed by atoms with Crippen molar-refractivity contribution in [3.05, 3.63) is 35.4 Å². The second-order valence-electron chi connectivity index (χ2n) is 6.48. The normalized spacial score (nSPS) is 15.7. The van der Waals surface area contributed by atoms with Crippen molar-refractivity contribution in [2.24, 2.45) is 5.73 Å². The SMILES string of the molecule is CCC(CNC(=O)C(C)(C)N)N1CCc2ccccc2C1.Cl.Cl. The van der Waals surface area contributed by atoms with E-state index in [0.29, 0.717) is 12.6 Å². The van der Waals surface area contributed by atoms with Gasteiger partial charge in [-0.3, -0.25) is 9.69 Å². The van der Waals surface area contributed by atoms with Crippen LogP contribution in [0.15, 0.2) is 24.3 Å². The van der Waals surface area contributed by atoms with Gasteiger partial charge in [0.05, 0.1) is 5.54 Å². The molecule has 1 aromatic rings. The molecule has 23 heavy (non-hydrogen) atoms. The maximum absolute atomic E-state index is 11.9. The Balaban J connectivity index is 0.00000242. The summed E-state index contributed by atoms with van der Waals surface area (Å²) in [7, 11) is 0. The summed E-state index contributed by atoms with van der Waals surface area (Å²) in [5.41, 5.74) is 7.87. The van der Waals surface area contributed by atoms with Gasteiger partial charge in [-0.2, -0.15) is 0 Å². The van der Waals surface area contributed by atoms with Crippen LogP contribution in [-0.2, 0) is 17.8 Å². The number of hydrogen-bond acceptors (Lipinski definition) is 3. The topological polar surface area (TPSA) is 58.4 Å². The zero-order valence-corrected chi connectivity index (χ0v) is 15.8. The molecule has 3 N–H and O–H groups in total. The Bertz CT molecular complexity index is 503. The van der Waals surface area contributed by atoms with E-state index in [0.717, 1.165) is 25.9 Å². The van der Waals surface area contributed by atoms with E-state index in [1.807, 2.05) is 0 Å². The summed E-state index contributed by atoms with van der Waals surface area (Å²) in [6.45, 7) is 8.33. The monoisotopic (exact) mass is 361 g/mol. The van der Waals surface area contributed by atoms with Gasteiger partial charge in [0.2, 0.25) is 5.91 Å². The zero-order valence-electron chi connectivity index (χ0n) is 14.2. The predicted octanol–water partition coefficient (Wildman–Crippen LogP) is 2.52. The Labute approximate surface area is 152 Å². The van der Waals surface area contributed by atoms with Crippen molar-refractivity contribution in [1.29, 1.82) is 0 Å². The molecule has 6 heteroatoms. The molecule has 0 spiro atoms. The number of nitrogens with one attached hydrogen (secondary N) is 1. The van der Waals surface area contributed by atoms with Crippen molar-refractivity contribution in [2.75, 3.05) is 13.1 Å². The van der Waals surface area contributed by atoms with Crippen molar-refractivity contribution < 1.29 is 4.79 Å². The largest absolute Gasteiger partial charge is 0.353 e. The van der Waals surface area contributed by atoms with Crippen molar-refractivity contribution in [1.82, 2.24) is 10.2 Å². The Morgan fingerprint density at radius 3 is 2.48 bits per heavy atom. The third-order valence-electron chi connectivity index (χ3n) is 4.23. The number of fused-ring (bicyclic) bond motifs is 1. The minimum absolute atomic E-state index is 0. The molecule has 2 rings (SSSR count). The van der Waals surface area contributed by atoms with Gasteiger partial charge >= 0.3 is 0 Å². The molecular weight excluding hydrogens is 333 g/mol. The molecule has 0 saturated heterocycles. The van der Waals surface area contributed by atoms with E-state index in [-0.39, 0.29) is 30.7 Å². The standard InChI is InChI=1S/C17H27N3O.2ClH/c1-4-15(11-19-16(21)17(2,3)18)20-10-9-13-7-5-6-8-14(13)12-20;;/h5-8,15H,4,9-12,18H2,1-3H3,(H,19,21);2*1H. The van der Waals surface area contributed by atoms with E-state index >= 15 is 0 Å². The Hall–Kier alpha value is -0.810. The molecule has 1 unspecified atom stereocenters. The number of nitrogens with zero attached hydrogens (tertiary/aromatic N) is 1. The highest BCUT2D eigenvalue weighted by Crippen LogP contribution is 2.21. The van der Waals surface area contributed by atoms with Crippen LogP contribution in [0.4, 0.5) is 0 Å². The predicted molar refractivity (Wildman–Crippen MR) is 100 cm³/mol. The number of carbonyl (C=O) groups excluding carboxylic acids is 1. The number of hydrogen-bond donors (Lipinski definition) is 2. The van der Waals surface area contributed by atoms with Crippen LogP contribution in [0.5, 0.6) is 0 Å². The van der Waals surface area contributed by atoms with Crippen LogP contribution in [0.1, 0.15) is 38.3 Å². The first kappa shape index (κ1) is 22.2. The van der Waals surface area contributed by atoms with E-state index in [2.05, 4.69) is 41.4 Å². The highest BCUT2D eigenvalue weighted by molar-refractivity contribution is 5.85. The van der Waals surface area contributed by atoms with Crippen molar-refractivity contribution in [3.8, 4) is 0 Å². The highest BCUT2D eigenvalue weighted by Gasteiger charge is 2.25. The number of carbonyl (C=O) groups is 1. The van der Waals surface area contributed by atoms with E-state index < -0.39 is 5.54 Å². The summed E-state index contributed by atoms with van der Waals surface area (Å²) in [4.78, 5) is 14.4. The van der Waals surface area contributed by atoms with Crippen LogP contribution in [0.3, 0.4) is 0 Å². The van der Waals surface area contributed by atoms with Crippen molar-refractivity contribution in [3.63, 3.8) is 0 Å². The highest BCUT2D eigenvalue weighted by atomic mass is 35.5. The maximum atomic E-state index is 11.9. The molecule has 0 radical (unpaired) electrons. The van der Waals surface area contributed by atoms with Gasteiger partial charge in [0.15, 0.2) is 0 Å². The summed E-state index contributed by atoms with van der Waals surface area (Å²) < 4.78 is 0. The lowest BCUT2D eigenvalue weighted by atomic mass is 9.98. The first-order valence-electron chi connectivity index (χ1n) is 7.80. The minimum Gasteiger partial charge on any atom is -0.353 e. The van der Waals surface area contributed by atoms with Crippen molar-refractivity contribution in [2.45, 2.75) is 51.7 Å². The van der Waals surface area contributed by atoms with E-state index in [1.54, 1.807) is 13.8 Å². The fourth-order valence-electron chi connectivity index (χ4n) is 2.80. The molecule has 0 aromatic heterocycles. The Morgan fingerprint density at radius 2 is 1.91 bits per heavy atom. The van der Waals surface area contributed by atoms with Gasteiger partial charge < -0.3 is 11.1 Å². The molecular formula is C17H29Cl2N3O. The fourth-order valence-corrected chi connectivity index (χ4v) is 2.80. The lowest BCUT2D eigenvalue weighted by Gasteiger charge is -2.35. The van der Waals surface area contributed by atoms with Gasteiger partial charge in [0.25, 0.3) is 0 Å². The average Bonchev–Trinajstić information content (AvgIpc) is 2.46. The third-order valence-corrected chi connectivity index (χ3v) is 4.23. The molecule has 4 nitrogen and oxygen atoms in total. The van der Waals surface area contributed by atoms with Gasteiger partial charge in [0, 0.05) is 25.7 Å². The number of benzene rings is 1.